The Morgan fingerprint density at radius 1 is 1.33 bits per heavy atom. The molecule has 2 aromatic rings. The molecule has 0 fully saturated rings. The van der Waals surface area contributed by atoms with Gasteiger partial charge in [0.2, 0.25) is 5.91 Å². The van der Waals surface area contributed by atoms with E-state index in [0.717, 1.165) is 12.8 Å². The minimum Gasteiger partial charge on any atom is -0.492 e. The highest BCUT2D eigenvalue weighted by Gasteiger charge is 2.29. The van der Waals surface area contributed by atoms with Crippen molar-refractivity contribution in [3.8, 4) is 5.75 Å². The SMILES string of the molecule is CCCCNC(=O)C(C)(C)COc1cccc2nc(C)c(C(=O)O)c(N)c12. The molecular formula is C20H27N3O4. The minimum absolute atomic E-state index is 0.0323. The maximum Gasteiger partial charge on any atom is 0.339 e. The molecule has 27 heavy (non-hydrogen) atoms. The van der Waals surface area contributed by atoms with Gasteiger partial charge in [0.05, 0.1) is 27.7 Å². The molecule has 0 aliphatic rings. The Balaban J connectivity index is 2.30. The van der Waals surface area contributed by atoms with Crippen molar-refractivity contribution in [1.29, 1.82) is 0 Å². The number of aromatic nitrogens is 1. The number of nitrogens with zero attached hydrogens (tertiary/aromatic N) is 1. The number of unbranched alkanes of at least 4 members (excludes halogenated alkanes) is 1. The molecule has 146 valence electrons. The van der Waals surface area contributed by atoms with Crippen LogP contribution in [-0.4, -0.2) is 35.1 Å². The zero-order valence-electron chi connectivity index (χ0n) is 16.3. The van der Waals surface area contributed by atoms with Crippen LogP contribution in [0.4, 0.5) is 5.69 Å². The molecule has 1 aromatic heterocycles. The molecule has 0 saturated heterocycles. The molecule has 7 nitrogen and oxygen atoms in total. The summed E-state index contributed by atoms with van der Waals surface area (Å²) < 4.78 is 5.89. The van der Waals surface area contributed by atoms with E-state index in [4.69, 9.17) is 10.5 Å². The van der Waals surface area contributed by atoms with Crippen LogP contribution in [0.15, 0.2) is 18.2 Å². The number of nitrogens with one attached hydrogen (secondary N) is 1. The van der Waals surface area contributed by atoms with Crippen LogP contribution in [-0.2, 0) is 4.79 Å². The smallest absolute Gasteiger partial charge is 0.339 e. The Hall–Kier alpha value is -2.83. The molecule has 0 saturated carbocycles. The average molecular weight is 373 g/mol. The molecule has 0 atom stereocenters. The van der Waals surface area contributed by atoms with Gasteiger partial charge in [-0.2, -0.15) is 0 Å². The second-order valence-corrected chi connectivity index (χ2v) is 7.22. The first-order chi connectivity index (χ1) is 12.7. The summed E-state index contributed by atoms with van der Waals surface area (Å²) in [5.41, 5.74) is 6.36. The minimum atomic E-state index is -1.13. The van der Waals surface area contributed by atoms with Gasteiger partial charge in [-0.25, -0.2) is 4.79 Å². The molecule has 4 N–H and O–H groups in total. The summed E-state index contributed by atoms with van der Waals surface area (Å²) >= 11 is 0. The number of carboxylic acids is 1. The Labute approximate surface area is 158 Å². The maximum atomic E-state index is 12.4. The van der Waals surface area contributed by atoms with E-state index in [-0.39, 0.29) is 23.8 Å². The van der Waals surface area contributed by atoms with E-state index < -0.39 is 11.4 Å². The van der Waals surface area contributed by atoms with Crippen molar-refractivity contribution in [2.45, 2.75) is 40.5 Å². The number of fused-ring (bicyclic) bond motifs is 1. The van der Waals surface area contributed by atoms with Crippen molar-refractivity contribution >= 4 is 28.5 Å². The number of ether oxygens (including phenoxy) is 1. The summed E-state index contributed by atoms with van der Waals surface area (Å²) in [6.07, 6.45) is 1.93. The quantitative estimate of drug-likeness (QED) is 0.612. The van der Waals surface area contributed by atoms with Gasteiger partial charge in [0.1, 0.15) is 17.9 Å². The number of aryl methyl sites for hydroxylation is 1. The molecule has 7 heteroatoms. The van der Waals surface area contributed by atoms with Crippen molar-refractivity contribution in [1.82, 2.24) is 10.3 Å². The molecule has 0 bridgehead atoms. The first-order valence-corrected chi connectivity index (χ1v) is 9.02. The first kappa shape index (κ1) is 20.5. The topological polar surface area (TPSA) is 115 Å². The molecule has 0 spiro atoms. The number of carbonyl (C=O) groups excluding carboxylic acids is 1. The van der Waals surface area contributed by atoms with E-state index in [2.05, 4.69) is 17.2 Å². The summed E-state index contributed by atoms with van der Waals surface area (Å²) in [7, 11) is 0. The fourth-order valence-electron chi connectivity index (χ4n) is 2.77. The Morgan fingerprint density at radius 3 is 2.67 bits per heavy atom. The van der Waals surface area contributed by atoms with Gasteiger partial charge >= 0.3 is 5.97 Å². The average Bonchev–Trinajstić information content (AvgIpc) is 2.59. The van der Waals surface area contributed by atoms with Crippen molar-refractivity contribution in [2.75, 3.05) is 18.9 Å². The van der Waals surface area contributed by atoms with E-state index in [1.807, 2.05) is 0 Å². The Bertz CT molecular complexity index is 862. The van der Waals surface area contributed by atoms with E-state index in [1.165, 1.54) is 0 Å². The van der Waals surface area contributed by atoms with Crippen LogP contribution in [0.3, 0.4) is 0 Å². The fraction of sp³-hybridized carbons (Fsp3) is 0.450. The van der Waals surface area contributed by atoms with Gasteiger partial charge in [0.25, 0.3) is 0 Å². The highest BCUT2D eigenvalue weighted by Crippen LogP contribution is 2.34. The number of nitrogen functional groups attached to an aromatic ring is 1. The third-order valence-electron chi connectivity index (χ3n) is 4.43. The molecule has 1 aromatic carbocycles. The first-order valence-electron chi connectivity index (χ1n) is 9.02. The number of carboxylic acid groups (broad SMARTS) is 1. The van der Waals surface area contributed by atoms with E-state index in [9.17, 15) is 14.7 Å². The molecule has 0 unspecified atom stereocenters. The van der Waals surface area contributed by atoms with Crippen molar-refractivity contribution in [3.05, 3.63) is 29.5 Å². The van der Waals surface area contributed by atoms with Gasteiger partial charge in [-0.1, -0.05) is 19.4 Å². The third kappa shape index (κ3) is 4.48. The number of pyridine rings is 1. The van der Waals surface area contributed by atoms with Crippen LogP contribution in [0.1, 0.15) is 49.7 Å². The summed E-state index contributed by atoms with van der Waals surface area (Å²) in [4.78, 5) is 28.2. The zero-order valence-corrected chi connectivity index (χ0v) is 16.3. The molecule has 1 amide bonds. The summed E-state index contributed by atoms with van der Waals surface area (Å²) in [5.74, 6) is -0.816. The highest BCUT2D eigenvalue weighted by atomic mass is 16.5. The lowest BCUT2D eigenvalue weighted by Crippen LogP contribution is -2.41. The van der Waals surface area contributed by atoms with Gasteiger partial charge in [-0.3, -0.25) is 9.78 Å². The van der Waals surface area contributed by atoms with Crippen LogP contribution in [0, 0.1) is 12.3 Å². The molecule has 0 radical (unpaired) electrons. The van der Waals surface area contributed by atoms with E-state index in [1.54, 1.807) is 39.0 Å². The van der Waals surface area contributed by atoms with Crippen LogP contribution >= 0.6 is 0 Å². The van der Waals surface area contributed by atoms with Gasteiger partial charge in [-0.15, -0.1) is 0 Å². The lowest BCUT2D eigenvalue weighted by Gasteiger charge is -2.24. The number of anilines is 1. The van der Waals surface area contributed by atoms with E-state index >= 15 is 0 Å². The lowest BCUT2D eigenvalue weighted by molar-refractivity contribution is -0.130. The summed E-state index contributed by atoms with van der Waals surface area (Å²) in [5, 5.41) is 12.8. The number of benzene rings is 1. The van der Waals surface area contributed by atoms with Gasteiger partial charge in [-0.05, 0) is 39.3 Å². The summed E-state index contributed by atoms with van der Waals surface area (Å²) in [6, 6.07) is 5.21. The predicted molar refractivity (Wildman–Crippen MR) is 105 cm³/mol. The number of rotatable bonds is 8. The molecular weight excluding hydrogens is 346 g/mol. The van der Waals surface area contributed by atoms with E-state index in [0.29, 0.717) is 28.9 Å². The second-order valence-electron chi connectivity index (χ2n) is 7.22. The fourth-order valence-corrected chi connectivity index (χ4v) is 2.77. The van der Waals surface area contributed by atoms with Crippen LogP contribution in [0.2, 0.25) is 0 Å². The Kier molecular flexibility index (Phi) is 6.25. The van der Waals surface area contributed by atoms with Crippen LogP contribution in [0.25, 0.3) is 10.9 Å². The van der Waals surface area contributed by atoms with Gasteiger partial charge < -0.3 is 20.9 Å². The maximum absolute atomic E-state index is 12.4. The Morgan fingerprint density at radius 2 is 2.04 bits per heavy atom. The van der Waals surface area contributed by atoms with Crippen LogP contribution in [0.5, 0.6) is 5.75 Å². The number of aromatic carboxylic acids is 1. The molecule has 0 aliphatic carbocycles. The largest absolute Gasteiger partial charge is 0.492 e. The molecule has 0 aliphatic heterocycles. The van der Waals surface area contributed by atoms with Crippen molar-refractivity contribution in [3.63, 3.8) is 0 Å². The van der Waals surface area contributed by atoms with Crippen molar-refractivity contribution < 1.29 is 19.4 Å². The predicted octanol–water partition coefficient (Wildman–Crippen LogP) is 3.14. The van der Waals surface area contributed by atoms with Gasteiger partial charge in [0.15, 0.2) is 0 Å². The lowest BCUT2D eigenvalue weighted by atomic mass is 9.93. The second kappa shape index (κ2) is 8.24. The van der Waals surface area contributed by atoms with Crippen molar-refractivity contribution in [2.24, 2.45) is 5.41 Å². The normalized spacial score (nSPS) is 11.4. The number of hydrogen-bond donors (Lipinski definition) is 3. The number of hydrogen-bond acceptors (Lipinski definition) is 5. The number of carbonyl (C=O) groups is 2. The molecule has 1 heterocycles. The van der Waals surface area contributed by atoms with Gasteiger partial charge in [0, 0.05) is 6.54 Å². The molecule has 2 rings (SSSR count). The van der Waals surface area contributed by atoms with Crippen LogP contribution < -0.4 is 15.8 Å². The highest BCUT2D eigenvalue weighted by molar-refractivity contribution is 6.06. The number of amides is 1. The third-order valence-corrected chi connectivity index (χ3v) is 4.43. The summed E-state index contributed by atoms with van der Waals surface area (Å²) in [6.45, 7) is 8.02. The number of nitrogens with two attached hydrogens (primary N) is 1. The monoisotopic (exact) mass is 373 g/mol. The zero-order chi connectivity index (χ0) is 20.2. The standard InChI is InChI=1S/C20H27N3O4/c1-5-6-10-22-19(26)20(3,4)11-27-14-9-7-8-13-16(14)17(21)15(18(24)25)12(2)23-13/h7-9H,5-6,10-11H2,1-4H3,(H2,21,23)(H,22,26)(H,24,25).